The first-order chi connectivity index (χ1) is 10.1. The van der Waals surface area contributed by atoms with Gasteiger partial charge in [0, 0.05) is 11.8 Å². The Morgan fingerprint density at radius 1 is 1.38 bits per heavy atom. The third-order valence-electron chi connectivity index (χ3n) is 2.57. The van der Waals surface area contributed by atoms with E-state index in [-0.39, 0.29) is 11.7 Å². The number of amides is 1. The van der Waals surface area contributed by atoms with Crippen LogP contribution in [-0.4, -0.2) is 28.7 Å². The summed E-state index contributed by atoms with van der Waals surface area (Å²) in [6.45, 7) is 1.83. The topological polar surface area (TPSA) is 90.1 Å². The molecule has 1 amide bonds. The second-order valence-corrected chi connectivity index (χ2v) is 5.20. The maximum atomic E-state index is 11.9. The lowest BCUT2D eigenvalue weighted by molar-refractivity contribution is -0.113. The predicted octanol–water partition coefficient (Wildman–Crippen LogP) is 2.11. The van der Waals surface area contributed by atoms with Crippen LogP contribution in [-0.2, 0) is 4.79 Å². The number of aryl methyl sites for hydroxylation is 1. The standard InChI is InChI=1S/C14H16N4O2S/c1-9-7-12(15)18-14(16-9)21-8-13(19)17-10-5-3-4-6-11(10)20-2/h3-7H,8H2,1-2H3,(H,17,19)(H2,15,16,18). The van der Waals surface area contributed by atoms with Crippen molar-refractivity contribution in [3.05, 3.63) is 36.0 Å². The molecule has 3 N–H and O–H groups in total. The van der Waals surface area contributed by atoms with Crippen LogP contribution >= 0.6 is 11.8 Å². The second-order valence-electron chi connectivity index (χ2n) is 4.25. The Kier molecular flexibility index (Phi) is 4.99. The van der Waals surface area contributed by atoms with Crippen molar-refractivity contribution >= 4 is 29.2 Å². The van der Waals surface area contributed by atoms with Gasteiger partial charge in [0.25, 0.3) is 0 Å². The Bertz CT molecular complexity index is 628. The van der Waals surface area contributed by atoms with Crippen molar-refractivity contribution in [1.82, 2.24) is 9.97 Å². The number of carbonyl (C=O) groups excluding carboxylic acids is 1. The van der Waals surface area contributed by atoms with E-state index in [9.17, 15) is 4.79 Å². The molecule has 0 aliphatic rings. The highest BCUT2D eigenvalue weighted by Crippen LogP contribution is 2.23. The summed E-state index contributed by atoms with van der Waals surface area (Å²) in [5, 5.41) is 3.28. The van der Waals surface area contributed by atoms with Gasteiger partial charge in [0.2, 0.25) is 5.91 Å². The van der Waals surface area contributed by atoms with E-state index in [4.69, 9.17) is 10.5 Å². The number of nitrogens with one attached hydrogen (secondary N) is 1. The highest BCUT2D eigenvalue weighted by atomic mass is 32.2. The van der Waals surface area contributed by atoms with E-state index in [0.717, 1.165) is 5.69 Å². The predicted molar refractivity (Wildman–Crippen MR) is 83.5 cm³/mol. The fraction of sp³-hybridized carbons (Fsp3) is 0.214. The number of carbonyl (C=O) groups is 1. The number of rotatable bonds is 5. The molecule has 1 heterocycles. The fourth-order valence-electron chi connectivity index (χ4n) is 1.69. The van der Waals surface area contributed by atoms with Crippen LogP contribution in [0.3, 0.4) is 0 Å². The van der Waals surface area contributed by atoms with Crippen LogP contribution < -0.4 is 15.8 Å². The number of benzene rings is 1. The molecule has 2 rings (SSSR count). The van der Waals surface area contributed by atoms with Crippen LogP contribution in [0.2, 0.25) is 0 Å². The van der Waals surface area contributed by atoms with Crippen molar-refractivity contribution in [2.75, 3.05) is 23.9 Å². The molecule has 1 aromatic heterocycles. The minimum absolute atomic E-state index is 0.159. The van der Waals surface area contributed by atoms with Gasteiger partial charge in [-0.1, -0.05) is 23.9 Å². The third kappa shape index (κ3) is 4.35. The van der Waals surface area contributed by atoms with Crippen LogP contribution in [0.4, 0.5) is 11.5 Å². The zero-order valence-electron chi connectivity index (χ0n) is 11.8. The second kappa shape index (κ2) is 6.94. The van der Waals surface area contributed by atoms with E-state index in [0.29, 0.717) is 22.4 Å². The molecular formula is C14H16N4O2S. The highest BCUT2D eigenvalue weighted by Gasteiger charge is 2.09. The third-order valence-corrected chi connectivity index (χ3v) is 3.41. The number of para-hydroxylation sites is 2. The summed E-state index contributed by atoms with van der Waals surface area (Å²) < 4.78 is 5.18. The van der Waals surface area contributed by atoms with Crippen molar-refractivity contribution in [2.24, 2.45) is 0 Å². The summed E-state index contributed by atoms with van der Waals surface area (Å²) in [5.74, 6) is 1.05. The molecule has 0 spiro atoms. The number of anilines is 2. The van der Waals surface area contributed by atoms with Gasteiger partial charge in [-0.05, 0) is 19.1 Å². The van der Waals surface area contributed by atoms with Gasteiger partial charge in [-0.2, -0.15) is 0 Å². The Balaban J connectivity index is 1.96. The lowest BCUT2D eigenvalue weighted by atomic mass is 10.3. The molecule has 0 saturated heterocycles. The summed E-state index contributed by atoms with van der Waals surface area (Å²) in [6.07, 6.45) is 0. The van der Waals surface area contributed by atoms with Gasteiger partial charge in [0.1, 0.15) is 11.6 Å². The van der Waals surface area contributed by atoms with Crippen molar-refractivity contribution in [3.63, 3.8) is 0 Å². The summed E-state index contributed by atoms with van der Waals surface area (Å²) in [5.41, 5.74) is 7.05. The number of ether oxygens (including phenoxy) is 1. The Labute approximate surface area is 127 Å². The van der Waals surface area contributed by atoms with Crippen molar-refractivity contribution in [2.45, 2.75) is 12.1 Å². The minimum atomic E-state index is -0.159. The molecule has 0 unspecified atom stereocenters. The number of nitrogens with two attached hydrogens (primary N) is 1. The summed E-state index contributed by atoms with van der Waals surface area (Å²) in [4.78, 5) is 20.2. The summed E-state index contributed by atoms with van der Waals surface area (Å²) in [7, 11) is 1.56. The molecule has 0 radical (unpaired) electrons. The van der Waals surface area contributed by atoms with Crippen LogP contribution in [0.5, 0.6) is 5.75 Å². The first-order valence-electron chi connectivity index (χ1n) is 6.25. The SMILES string of the molecule is COc1ccccc1NC(=O)CSc1nc(C)cc(N)n1. The minimum Gasteiger partial charge on any atom is -0.495 e. The zero-order chi connectivity index (χ0) is 15.2. The molecule has 21 heavy (non-hydrogen) atoms. The van der Waals surface area contributed by atoms with Gasteiger partial charge in [0.05, 0.1) is 18.6 Å². The van der Waals surface area contributed by atoms with Gasteiger partial charge in [-0.25, -0.2) is 9.97 Å². The molecule has 0 saturated carbocycles. The lowest BCUT2D eigenvalue weighted by Crippen LogP contribution is -2.15. The number of hydrogen-bond donors (Lipinski definition) is 2. The van der Waals surface area contributed by atoms with Crippen LogP contribution in [0.25, 0.3) is 0 Å². The molecule has 1 aromatic carbocycles. The Morgan fingerprint density at radius 2 is 2.14 bits per heavy atom. The van der Waals surface area contributed by atoms with E-state index in [1.54, 1.807) is 25.3 Å². The van der Waals surface area contributed by atoms with Crippen LogP contribution in [0.15, 0.2) is 35.5 Å². The Morgan fingerprint density at radius 3 is 2.86 bits per heavy atom. The van der Waals surface area contributed by atoms with Gasteiger partial charge in [-0.3, -0.25) is 4.79 Å². The van der Waals surface area contributed by atoms with E-state index >= 15 is 0 Å². The number of methoxy groups -OCH3 is 1. The van der Waals surface area contributed by atoms with E-state index in [1.807, 2.05) is 19.1 Å². The average molecular weight is 304 g/mol. The molecule has 6 nitrogen and oxygen atoms in total. The van der Waals surface area contributed by atoms with Gasteiger partial charge >= 0.3 is 0 Å². The largest absolute Gasteiger partial charge is 0.495 e. The lowest BCUT2D eigenvalue weighted by Gasteiger charge is -2.09. The number of aromatic nitrogens is 2. The van der Waals surface area contributed by atoms with E-state index in [1.165, 1.54) is 11.8 Å². The number of nitrogens with zero attached hydrogens (tertiary/aromatic N) is 2. The Hall–Kier alpha value is -2.28. The summed E-state index contributed by atoms with van der Waals surface area (Å²) >= 11 is 1.23. The quantitative estimate of drug-likeness (QED) is 0.649. The molecule has 2 aromatic rings. The molecule has 7 heteroatoms. The first-order valence-corrected chi connectivity index (χ1v) is 7.24. The van der Waals surface area contributed by atoms with Crippen LogP contribution in [0, 0.1) is 6.92 Å². The first kappa shape index (κ1) is 15.1. The van der Waals surface area contributed by atoms with Crippen LogP contribution in [0.1, 0.15) is 5.69 Å². The van der Waals surface area contributed by atoms with Crippen molar-refractivity contribution in [3.8, 4) is 5.75 Å². The van der Waals surface area contributed by atoms with E-state index in [2.05, 4.69) is 15.3 Å². The molecular weight excluding hydrogens is 288 g/mol. The van der Waals surface area contributed by atoms with Gasteiger partial charge in [-0.15, -0.1) is 0 Å². The molecule has 0 fully saturated rings. The number of nitrogen functional groups attached to an aromatic ring is 1. The number of thioether (sulfide) groups is 1. The average Bonchev–Trinajstić information content (AvgIpc) is 2.45. The normalized spacial score (nSPS) is 10.2. The highest BCUT2D eigenvalue weighted by molar-refractivity contribution is 7.99. The van der Waals surface area contributed by atoms with Crippen molar-refractivity contribution in [1.29, 1.82) is 0 Å². The summed E-state index contributed by atoms with van der Waals surface area (Å²) in [6, 6.07) is 8.91. The maximum absolute atomic E-state index is 11.9. The number of hydrogen-bond acceptors (Lipinski definition) is 6. The molecule has 110 valence electrons. The molecule has 0 atom stereocenters. The zero-order valence-corrected chi connectivity index (χ0v) is 12.6. The smallest absolute Gasteiger partial charge is 0.234 e. The van der Waals surface area contributed by atoms with Crippen molar-refractivity contribution < 1.29 is 9.53 Å². The fourth-order valence-corrected chi connectivity index (χ4v) is 2.40. The monoisotopic (exact) mass is 304 g/mol. The maximum Gasteiger partial charge on any atom is 0.234 e. The van der Waals surface area contributed by atoms with Gasteiger partial charge < -0.3 is 15.8 Å². The van der Waals surface area contributed by atoms with E-state index < -0.39 is 0 Å². The van der Waals surface area contributed by atoms with Gasteiger partial charge in [0.15, 0.2) is 5.16 Å². The molecule has 0 bridgehead atoms. The molecule has 0 aliphatic heterocycles. The molecule has 0 aliphatic carbocycles.